The lowest BCUT2D eigenvalue weighted by atomic mass is 9.70. The Labute approximate surface area is 381 Å². The van der Waals surface area contributed by atoms with Crippen molar-refractivity contribution in [2.45, 2.75) is 25.1 Å². The maximum absolute atomic E-state index is 5.15. The van der Waals surface area contributed by atoms with E-state index in [4.69, 9.17) is 15.0 Å². The molecular weight excluding hydrogens is 803 g/mol. The summed E-state index contributed by atoms with van der Waals surface area (Å²) in [4.78, 5) is 15.3. The van der Waals surface area contributed by atoms with Crippen molar-refractivity contribution in [3.05, 3.63) is 241 Å². The molecule has 0 aliphatic heterocycles. The van der Waals surface area contributed by atoms with Gasteiger partial charge in [0.25, 0.3) is 0 Å². The summed E-state index contributed by atoms with van der Waals surface area (Å²) in [5.74, 6) is 1.92. The quantitative estimate of drug-likeness (QED) is 0.150. The second kappa shape index (κ2) is 15.2. The second-order valence-electron chi connectivity index (χ2n) is 18.4. The number of benzene rings is 9. The average molecular weight is 848 g/mol. The second-order valence-corrected chi connectivity index (χ2v) is 23.5. The van der Waals surface area contributed by atoms with Crippen molar-refractivity contribution in [3.63, 3.8) is 0 Å². The van der Waals surface area contributed by atoms with Gasteiger partial charge in [0.2, 0.25) is 0 Å². The molecular formula is C61H45N3Si. The summed E-state index contributed by atoms with van der Waals surface area (Å²) in [5, 5.41) is 1.49. The van der Waals surface area contributed by atoms with Crippen LogP contribution >= 0.6 is 0 Å². The van der Waals surface area contributed by atoms with Crippen molar-refractivity contribution in [1.29, 1.82) is 0 Å². The van der Waals surface area contributed by atoms with Crippen LogP contribution in [0, 0.1) is 0 Å². The third kappa shape index (κ3) is 6.43. The summed E-state index contributed by atoms with van der Waals surface area (Å²) in [6, 6.07) is 79.4. The predicted octanol–water partition coefficient (Wildman–Crippen LogP) is 14.8. The SMILES string of the molecule is C[Si](C)(C)c1ccc2c(c1)C1(c3ccccc3-c3ccccc31)c1cc(-c3cccc(-c4cccc(-c5nc(-c6ccccc6)nc(-c6cccc(-c7ccccc7)c6)n5)c4)c3)ccc1-2. The molecule has 65 heavy (non-hydrogen) atoms. The molecule has 9 aromatic carbocycles. The summed E-state index contributed by atoms with van der Waals surface area (Å²) in [6.07, 6.45) is 0. The van der Waals surface area contributed by atoms with E-state index in [1.54, 1.807) is 0 Å². The molecule has 0 atom stereocenters. The minimum atomic E-state index is -1.62. The summed E-state index contributed by atoms with van der Waals surface area (Å²) < 4.78 is 0. The molecule has 0 bridgehead atoms. The van der Waals surface area contributed by atoms with E-state index in [9.17, 15) is 0 Å². The van der Waals surface area contributed by atoms with E-state index < -0.39 is 13.5 Å². The number of hydrogen-bond acceptors (Lipinski definition) is 3. The van der Waals surface area contributed by atoms with Gasteiger partial charge in [-0.2, -0.15) is 0 Å². The standard InChI is InChI=1S/C61H45N3Si/c1-65(2,3)49-32-34-53-52-33-31-46(38-56(52)61(57(53)39-49)54-29-12-10-27-50(54)51-28-11-13-30-55(51)61)44-23-14-22-43(35-44)45-24-16-26-48(37-45)60-63-58(41-19-8-5-9-20-41)62-59(64-60)47-25-15-21-42(36-47)40-17-6-4-7-18-40/h4-39H,1-3H3. The maximum atomic E-state index is 5.15. The Kier molecular flexibility index (Phi) is 9.08. The Balaban J connectivity index is 0.963. The molecule has 4 heteroatoms. The van der Waals surface area contributed by atoms with Crippen LogP contribution in [0.2, 0.25) is 19.6 Å². The van der Waals surface area contributed by atoms with Crippen LogP contribution in [0.25, 0.3) is 89.8 Å². The number of fused-ring (bicyclic) bond motifs is 10. The van der Waals surface area contributed by atoms with Gasteiger partial charge in [-0.05, 0) is 102 Å². The highest BCUT2D eigenvalue weighted by molar-refractivity contribution is 6.88. The van der Waals surface area contributed by atoms with Crippen molar-refractivity contribution in [2.75, 3.05) is 0 Å². The zero-order valence-corrected chi connectivity index (χ0v) is 37.6. The lowest BCUT2D eigenvalue weighted by Gasteiger charge is -2.31. The molecule has 1 aromatic heterocycles. The van der Waals surface area contributed by atoms with Crippen molar-refractivity contribution in [1.82, 2.24) is 15.0 Å². The molecule has 0 N–H and O–H groups in total. The summed E-state index contributed by atoms with van der Waals surface area (Å²) in [5.41, 5.74) is 20.1. The van der Waals surface area contributed by atoms with Crippen LogP contribution in [-0.2, 0) is 5.41 Å². The van der Waals surface area contributed by atoms with Crippen molar-refractivity contribution in [3.8, 4) is 89.8 Å². The van der Waals surface area contributed by atoms with Crippen molar-refractivity contribution >= 4 is 13.3 Å². The van der Waals surface area contributed by atoms with E-state index in [-0.39, 0.29) is 0 Å². The summed E-state index contributed by atoms with van der Waals surface area (Å²) in [6.45, 7) is 7.36. The van der Waals surface area contributed by atoms with Crippen LogP contribution in [-0.4, -0.2) is 23.0 Å². The molecule has 0 saturated heterocycles. The Hall–Kier alpha value is -7.79. The molecule has 2 aliphatic carbocycles. The molecule has 10 aromatic rings. The van der Waals surface area contributed by atoms with Crippen LogP contribution in [0.15, 0.2) is 218 Å². The smallest absolute Gasteiger partial charge is 0.164 e. The Morgan fingerprint density at radius 3 is 1.18 bits per heavy atom. The lowest BCUT2D eigenvalue weighted by molar-refractivity contribution is 0.795. The topological polar surface area (TPSA) is 38.7 Å². The zero-order chi connectivity index (χ0) is 43.7. The minimum absolute atomic E-state index is 0.402. The van der Waals surface area contributed by atoms with Gasteiger partial charge in [-0.1, -0.05) is 219 Å². The molecule has 1 heterocycles. The fraction of sp³-hybridized carbons (Fsp3) is 0.0656. The number of rotatable bonds is 7. The molecule has 0 fully saturated rings. The first-order valence-corrected chi connectivity index (χ1v) is 26.0. The third-order valence-corrected chi connectivity index (χ3v) is 15.5. The molecule has 0 amide bonds. The van der Waals surface area contributed by atoms with Crippen LogP contribution in [0.3, 0.4) is 0 Å². The van der Waals surface area contributed by atoms with Gasteiger partial charge in [-0.25, -0.2) is 15.0 Å². The van der Waals surface area contributed by atoms with E-state index in [1.165, 1.54) is 60.8 Å². The largest absolute Gasteiger partial charge is 0.208 e. The van der Waals surface area contributed by atoms with Crippen molar-refractivity contribution < 1.29 is 0 Å². The highest BCUT2D eigenvalue weighted by Crippen LogP contribution is 2.63. The Morgan fingerprint density at radius 1 is 0.277 bits per heavy atom. The molecule has 0 radical (unpaired) electrons. The van der Waals surface area contributed by atoms with E-state index in [2.05, 4.69) is 214 Å². The molecule has 2 aliphatic rings. The van der Waals surface area contributed by atoms with E-state index in [0.717, 1.165) is 38.9 Å². The van der Waals surface area contributed by atoms with Crippen LogP contribution < -0.4 is 5.19 Å². The molecule has 0 unspecified atom stereocenters. The fourth-order valence-electron chi connectivity index (χ4n) is 10.3. The van der Waals surface area contributed by atoms with Gasteiger partial charge in [-0.3, -0.25) is 0 Å². The number of nitrogens with zero attached hydrogens (tertiary/aromatic N) is 3. The van der Waals surface area contributed by atoms with Crippen LogP contribution in [0.5, 0.6) is 0 Å². The maximum Gasteiger partial charge on any atom is 0.164 e. The first-order valence-electron chi connectivity index (χ1n) is 22.5. The van der Waals surface area contributed by atoms with Crippen molar-refractivity contribution in [2.24, 2.45) is 0 Å². The van der Waals surface area contributed by atoms with Gasteiger partial charge >= 0.3 is 0 Å². The molecule has 3 nitrogen and oxygen atoms in total. The van der Waals surface area contributed by atoms with Gasteiger partial charge in [0.15, 0.2) is 17.5 Å². The summed E-state index contributed by atoms with van der Waals surface area (Å²) in [7, 11) is -1.62. The number of aromatic nitrogens is 3. The minimum Gasteiger partial charge on any atom is -0.208 e. The average Bonchev–Trinajstić information content (AvgIpc) is 3.83. The zero-order valence-electron chi connectivity index (χ0n) is 36.6. The normalized spacial score (nSPS) is 13.0. The van der Waals surface area contributed by atoms with Gasteiger partial charge in [0, 0.05) is 16.7 Å². The van der Waals surface area contributed by atoms with Crippen LogP contribution in [0.4, 0.5) is 0 Å². The summed E-state index contributed by atoms with van der Waals surface area (Å²) >= 11 is 0. The first kappa shape index (κ1) is 38.8. The Morgan fingerprint density at radius 2 is 0.646 bits per heavy atom. The molecule has 308 valence electrons. The fourth-order valence-corrected chi connectivity index (χ4v) is 11.5. The van der Waals surface area contributed by atoms with E-state index in [0.29, 0.717) is 17.5 Å². The van der Waals surface area contributed by atoms with E-state index >= 15 is 0 Å². The first-order chi connectivity index (χ1) is 31.8. The highest BCUT2D eigenvalue weighted by Gasteiger charge is 2.52. The molecule has 1 spiro atoms. The van der Waals surface area contributed by atoms with Gasteiger partial charge in [-0.15, -0.1) is 0 Å². The Bertz CT molecular complexity index is 3430. The van der Waals surface area contributed by atoms with Gasteiger partial charge in [0.1, 0.15) is 0 Å². The third-order valence-electron chi connectivity index (χ3n) is 13.5. The molecule has 0 saturated carbocycles. The van der Waals surface area contributed by atoms with Gasteiger partial charge < -0.3 is 0 Å². The molecule has 12 rings (SSSR count). The lowest BCUT2D eigenvalue weighted by Crippen LogP contribution is -2.38. The van der Waals surface area contributed by atoms with Gasteiger partial charge in [0.05, 0.1) is 13.5 Å². The monoisotopic (exact) mass is 847 g/mol. The predicted molar refractivity (Wildman–Crippen MR) is 272 cm³/mol. The highest BCUT2D eigenvalue weighted by atomic mass is 28.3. The number of hydrogen-bond donors (Lipinski definition) is 0. The van der Waals surface area contributed by atoms with E-state index in [1.807, 2.05) is 24.3 Å². The van der Waals surface area contributed by atoms with Crippen LogP contribution in [0.1, 0.15) is 22.3 Å².